The van der Waals surface area contributed by atoms with Gasteiger partial charge in [0.25, 0.3) is 0 Å². The summed E-state index contributed by atoms with van der Waals surface area (Å²) in [4.78, 5) is 11.4. The van der Waals surface area contributed by atoms with Crippen LogP contribution in [0.25, 0.3) is 0 Å². The first-order valence-electron chi connectivity index (χ1n) is 5.68. The molecular weight excluding hydrogens is 178 g/mol. The summed E-state index contributed by atoms with van der Waals surface area (Å²) in [6.07, 6.45) is 5.93. The minimum Gasteiger partial charge on any atom is -0.396 e. The third kappa shape index (κ3) is 3.29. The van der Waals surface area contributed by atoms with Crippen molar-refractivity contribution in [3.63, 3.8) is 0 Å². The standard InChI is InChI=1S/C11H21NO2/c1-2-5-11(14)12-10-7-4-3-6-9(10)8-13/h9-10,13H,2-8H2,1H3,(H,12,14)/t9-,10-/m0/s1. The molecule has 1 aliphatic rings. The first-order valence-corrected chi connectivity index (χ1v) is 5.68. The highest BCUT2D eigenvalue weighted by atomic mass is 16.3. The summed E-state index contributed by atoms with van der Waals surface area (Å²) < 4.78 is 0. The Kier molecular flexibility index (Phi) is 4.94. The number of aliphatic hydroxyl groups is 1. The van der Waals surface area contributed by atoms with E-state index in [9.17, 15) is 4.79 Å². The van der Waals surface area contributed by atoms with Crippen molar-refractivity contribution in [1.29, 1.82) is 0 Å². The zero-order valence-corrected chi connectivity index (χ0v) is 8.96. The van der Waals surface area contributed by atoms with Crippen LogP contribution < -0.4 is 5.32 Å². The van der Waals surface area contributed by atoms with Gasteiger partial charge in [-0.15, -0.1) is 0 Å². The van der Waals surface area contributed by atoms with Crippen molar-refractivity contribution >= 4 is 5.91 Å². The molecule has 2 atom stereocenters. The topological polar surface area (TPSA) is 49.3 Å². The van der Waals surface area contributed by atoms with Crippen molar-refractivity contribution in [2.45, 2.75) is 51.5 Å². The molecule has 3 nitrogen and oxygen atoms in total. The number of hydrogen-bond donors (Lipinski definition) is 2. The van der Waals surface area contributed by atoms with Gasteiger partial charge in [0.05, 0.1) is 0 Å². The molecule has 1 aliphatic carbocycles. The molecule has 0 saturated heterocycles. The summed E-state index contributed by atoms with van der Waals surface area (Å²) in [6.45, 7) is 2.21. The number of nitrogens with one attached hydrogen (secondary N) is 1. The summed E-state index contributed by atoms with van der Waals surface area (Å²) in [5, 5.41) is 12.2. The molecule has 14 heavy (non-hydrogen) atoms. The van der Waals surface area contributed by atoms with E-state index in [0.717, 1.165) is 19.3 Å². The second-order valence-electron chi connectivity index (χ2n) is 4.15. The van der Waals surface area contributed by atoms with Gasteiger partial charge >= 0.3 is 0 Å². The molecule has 0 radical (unpaired) electrons. The lowest BCUT2D eigenvalue weighted by molar-refractivity contribution is -0.122. The number of carbonyl (C=O) groups excluding carboxylic acids is 1. The van der Waals surface area contributed by atoms with Crippen LogP contribution in [-0.4, -0.2) is 23.7 Å². The van der Waals surface area contributed by atoms with Crippen LogP contribution in [0.2, 0.25) is 0 Å². The molecule has 0 spiro atoms. The van der Waals surface area contributed by atoms with E-state index in [-0.39, 0.29) is 24.5 Å². The number of carbonyl (C=O) groups is 1. The fourth-order valence-corrected chi connectivity index (χ4v) is 2.12. The Morgan fingerprint density at radius 2 is 2.14 bits per heavy atom. The molecule has 1 rings (SSSR count). The second-order valence-corrected chi connectivity index (χ2v) is 4.15. The summed E-state index contributed by atoms with van der Waals surface area (Å²) in [6, 6.07) is 0.216. The van der Waals surface area contributed by atoms with Gasteiger partial charge in [-0.1, -0.05) is 19.8 Å². The summed E-state index contributed by atoms with van der Waals surface area (Å²) in [7, 11) is 0. The van der Waals surface area contributed by atoms with Crippen LogP contribution >= 0.6 is 0 Å². The number of rotatable bonds is 4. The van der Waals surface area contributed by atoms with Crippen LogP contribution in [0.3, 0.4) is 0 Å². The Morgan fingerprint density at radius 1 is 1.43 bits per heavy atom. The summed E-state index contributed by atoms with van der Waals surface area (Å²) >= 11 is 0. The van der Waals surface area contributed by atoms with E-state index in [2.05, 4.69) is 5.32 Å². The van der Waals surface area contributed by atoms with E-state index < -0.39 is 0 Å². The monoisotopic (exact) mass is 199 g/mol. The molecule has 0 aromatic rings. The van der Waals surface area contributed by atoms with Gasteiger partial charge in [0.1, 0.15) is 0 Å². The van der Waals surface area contributed by atoms with Crippen molar-refractivity contribution in [1.82, 2.24) is 5.32 Å². The molecule has 3 heteroatoms. The lowest BCUT2D eigenvalue weighted by atomic mass is 9.85. The van der Waals surface area contributed by atoms with Crippen molar-refractivity contribution in [3.05, 3.63) is 0 Å². The maximum Gasteiger partial charge on any atom is 0.220 e. The van der Waals surface area contributed by atoms with E-state index in [1.807, 2.05) is 6.92 Å². The highest BCUT2D eigenvalue weighted by Crippen LogP contribution is 2.23. The Morgan fingerprint density at radius 3 is 2.79 bits per heavy atom. The number of amides is 1. The van der Waals surface area contributed by atoms with Crippen LogP contribution in [0.5, 0.6) is 0 Å². The van der Waals surface area contributed by atoms with Crippen molar-refractivity contribution in [3.8, 4) is 0 Å². The van der Waals surface area contributed by atoms with Crippen LogP contribution in [-0.2, 0) is 4.79 Å². The normalized spacial score (nSPS) is 27.3. The Balaban J connectivity index is 2.36. The van der Waals surface area contributed by atoms with E-state index in [1.165, 1.54) is 12.8 Å². The first kappa shape index (κ1) is 11.5. The smallest absolute Gasteiger partial charge is 0.220 e. The third-order valence-corrected chi connectivity index (χ3v) is 2.97. The predicted octanol–water partition coefficient (Wildman–Crippen LogP) is 1.45. The molecule has 1 saturated carbocycles. The van der Waals surface area contributed by atoms with Crippen molar-refractivity contribution in [2.75, 3.05) is 6.61 Å². The summed E-state index contributed by atoms with van der Waals surface area (Å²) in [5.41, 5.74) is 0. The van der Waals surface area contributed by atoms with Gasteiger partial charge in [-0.25, -0.2) is 0 Å². The largest absolute Gasteiger partial charge is 0.396 e. The zero-order chi connectivity index (χ0) is 10.4. The van der Waals surface area contributed by atoms with Crippen molar-refractivity contribution < 1.29 is 9.90 Å². The molecule has 0 unspecified atom stereocenters. The van der Waals surface area contributed by atoms with Gasteiger partial charge in [-0.05, 0) is 19.3 Å². The molecule has 0 aliphatic heterocycles. The van der Waals surface area contributed by atoms with E-state index in [1.54, 1.807) is 0 Å². The lowest BCUT2D eigenvalue weighted by Crippen LogP contribution is -2.43. The van der Waals surface area contributed by atoms with Gasteiger partial charge in [-0.3, -0.25) is 4.79 Å². The average molecular weight is 199 g/mol. The molecule has 0 aromatic heterocycles. The minimum absolute atomic E-state index is 0.137. The zero-order valence-electron chi connectivity index (χ0n) is 8.96. The maximum absolute atomic E-state index is 11.4. The molecule has 0 heterocycles. The lowest BCUT2D eigenvalue weighted by Gasteiger charge is -2.30. The fraction of sp³-hybridized carbons (Fsp3) is 0.909. The van der Waals surface area contributed by atoms with Gasteiger partial charge in [0.15, 0.2) is 0 Å². The second kappa shape index (κ2) is 6.02. The highest BCUT2D eigenvalue weighted by molar-refractivity contribution is 5.76. The molecule has 82 valence electrons. The van der Waals surface area contributed by atoms with Crippen LogP contribution in [0.15, 0.2) is 0 Å². The van der Waals surface area contributed by atoms with Crippen LogP contribution in [0.4, 0.5) is 0 Å². The van der Waals surface area contributed by atoms with E-state index >= 15 is 0 Å². The Labute approximate surface area is 85.9 Å². The number of aliphatic hydroxyl groups excluding tert-OH is 1. The van der Waals surface area contributed by atoms with E-state index in [4.69, 9.17) is 5.11 Å². The van der Waals surface area contributed by atoms with Gasteiger partial charge < -0.3 is 10.4 Å². The van der Waals surface area contributed by atoms with Crippen LogP contribution in [0, 0.1) is 5.92 Å². The molecule has 0 bridgehead atoms. The van der Waals surface area contributed by atoms with E-state index in [0.29, 0.717) is 6.42 Å². The maximum atomic E-state index is 11.4. The average Bonchev–Trinajstić information content (AvgIpc) is 2.19. The number of hydrogen-bond acceptors (Lipinski definition) is 2. The third-order valence-electron chi connectivity index (χ3n) is 2.97. The van der Waals surface area contributed by atoms with Gasteiger partial charge in [-0.2, -0.15) is 0 Å². The SMILES string of the molecule is CCCC(=O)N[C@H]1CCCC[C@H]1CO. The summed E-state index contributed by atoms with van der Waals surface area (Å²) in [5.74, 6) is 0.419. The predicted molar refractivity (Wildman–Crippen MR) is 55.9 cm³/mol. The van der Waals surface area contributed by atoms with Crippen LogP contribution in [0.1, 0.15) is 45.4 Å². The molecule has 2 N–H and O–H groups in total. The van der Waals surface area contributed by atoms with Gasteiger partial charge in [0, 0.05) is 25.0 Å². The molecule has 0 aromatic carbocycles. The molecule has 1 fully saturated rings. The molecular formula is C11H21NO2. The Hall–Kier alpha value is -0.570. The highest BCUT2D eigenvalue weighted by Gasteiger charge is 2.25. The molecule has 1 amide bonds. The fourth-order valence-electron chi connectivity index (χ4n) is 2.12. The van der Waals surface area contributed by atoms with Crippen molar-refractivity contribution in [2.24, 2.45) is 5.92 Å². The minimum atomic E-state index is 0.137. The van der Waals surface area contributed by atoms with Gasteiger partial charge in [0.2, 0.25) is 5.91 Å². The Bertz CT molecular complexity index is 182. The first-order chi connectivity index (χ1) is 6.77. The quantitative estimate of drug-likeness (QED) is 0.720.